The molecule has 7 heteroatoms. The second kappa shape index (κ2) is 5.09. The van der Waals surface area contributed by atoms with Crippen LogP contribution < -0.4 is 10.6 Å². The van der Waals surface area contributed by atoms with Crippen LogP contribution >= 0.6 is 0 Å². The molecule has 1 atom stereocenters. The summed E-state index contributed by atoms with van der Waals surface area (Å²) in [5.41, 5.74) is 2.15. The Kier molecular flexibility index (Phi) is 3.13. The van der Waals surface area contributed by atoms with Gasteiger partial charge < -0.3 is 15.7 Å². The predicted octanol–water partition coefficient (Wildman–Crippen LogP) is 3.00. The van der Waals surface area contributed by atoms with Crippen LogP contribution in [0.15, 0.2) is 40.2 Å². The number of nitrogens with zero attached hydrogens (tertiary/aromatic N) is 2. The van der Waals surface area contributed by atoms with Gasteiger partial charge in [0.2, 0.25) is 11.6 Å². The quantitative estimate of drug-likeness (QED) is 0.740. The van der Waals surface area contributed by atoms with E-state index in [9.17, 15) is 9.90 Å². The average molecular weight is 326 g/mol. The van der Waals surface area contributed by atoms with Crippen molar-refractivity contribution in [3.63, 3.8) is 0 Å². The summed E-state index contributed by atoms with van der Waals surface area (Å²) in [4.78, 5) is 12.9. The number of fused-ring (bicyclic) bond motifs is 1. The lowest BCUT2D eigenvalue weighted by molar-refractivity contribution is -0.118. The summed E-state index contributed by atoms with van der Waals surface area (Å²) in [6, 6.07) is 6.45. The molecule has 0 saturated carbocycles. The largest absolute Gasteiger partial charge is 0.508 e. The molecule has 2 heterocycles. The second-order valence-corrected chi connectivity index (χ2v) is 7.09. The summed E-state index contributed by atoms with van der Waals surface area (Å²) in [6.07, 6.45) is 1.19. The van der Waals surface area contributed by atoms with Gasteiger partial charge >= 0.3 is 0 Å². The third-order valence-electron chi connectivity index (χ3n) is 4.45. The Morgan fingerprint density at radius 2 is 2.04 bits per heavy atom. The molecule has 0 spiro atoms. The highest BCUT2D eigenvalue weighted by molar-refractivity contribution is 6.00. The number of benzene rings is 1. The first-order chi connectivity index (χ1) is 11.4. The molecule has 2 aliphatic rings. The van der Waals surface area contributed by atoms with E-state index in [2.05, 4.69) is 34.8 Å². The molecule has 1 aromatic heterocycles. The van der Waals surface area contributed by atoms with Crippen molar-refractivity contribution in [1.29, 1.82) is 0 Å². The zero-order valence-electron chi connectivity index (χ0n) is 13.5. The topological polar surface area (TPSA) is 100 Å². The Balaban J connectivity index is 1.88. The standard InChI is InChI=1S/C17H18N4O3/c1-17(2)7-11-13(12(23)8-17)14(9-4-3-5-10(22)6-9)19-16-15(18-11)20-24-21-16/h3-6,14,22H,7-8H2,1-2H3,(H,18,20)(H,19,21)/t14-/m0/s1. The van der Waals surface area contributed by atoms with Crippen molar-refractivity contribution in [3.8, 4) is 5.75 Å². The van der Waals surface area contributed by atoms with Crippen LogP contribution in [0, 0.1) is 5.41 Å². The molecule has 1 aliphatic carbocycles. The molecule has 3 N–H and O–H groups in total. The van der Waals surface area contributed by atoms with E-state index in [1.807, 2.05) is 6.07 Å². The smallest absolute Gasteiger partial charge is 0.219 e. The van der Waals surface area contributed by atoms with Gasteiger partial charge in [0.1, 0.15) is 5.75 Å². The van der Waals surface area contributed by atoms with E-state index in [0.717, 1.165) is 17.7 Å². The Hall–Kier alpha value is -2.83. The summed E-state index contributed by atoms with van der Waals surface area (Å²) < 4.78 is 4.81. The lowest BCUT2D eigenvalue weighted by atomic mass is 9.73. The summed E-state index contributed by atoms with van der Waals surface area (Å²) in [6.45, 7) is 4.14. The van der Waals surface area contributed by atoms with Crippen molar-refractivity contribution in [2.45, 2.75) is 32.7 Å². The van der Waals surface area contributed by atoms with Gasteiger partial charge in [0, 0.05) is 17.7 Å². The van der Waals surface area contributed by atoms with Gasteiger partial charge in [-0.15, -0.1) is 0 Å². The van der Waals surface area contributed by atoms with Gasteiger partial charge in [0.05, 0.1) is 6.04 Å². The molecule has 1 aromatic carbocycles. The van der Waals surface area contributed by atoms with E-state index in [1.54, 1.807) is 18.2 Å². The molecule has 0 amide bonds. The van der Waals surface area contributed by atoms with Crippen LogP contribution in [0.2, 0.25) is 0 Å². The summed E-state index contributed by atoms with van der Waals surface area (Å²) >= 11 is 0. The van der Waals surface area contributed by atoms with Crippen LogP contribution in [0.25, 0.3) is 0 Å². The Bertz CT molecular complexity index is 853. The molecule has 1 aliphatic heterocycles. The fourth-order valence-corrected chi connectivity index (χ4v) is 3.45. The fraction of sp³-hybridized carbons (Fsp3) is 0.353. The number of phenolic OH excluding ortho intramolecular Hbond substituents is 1. The minimum absolute atomic E-state index is 0.0803. The number of aromatic hydroxyl groups is 1. The average Bonchev–Trinajstić information content (AvgIpc) is 2.85. The lowest BCUT2D eigenvalue weighted by Gasteiger charge is -2.34. The number of phenols is 1. The van der Waals surface area contributed by atoms with E-state index in [0.29, 0.717) is 23.6 Å². The van der Waals surface area contributed by atoms with E-state index in [-0.39, 0.29) is 16.9 Å². The van der Waals surface area contributed by atoms with Gasteiger partial charge in [0.15, 0.2) is 5.78 Å². The molecule has 7 nitrogen and oxygen atoms in total. The molecular formula is C17H18N4O3. The SMILES string of the molecule is CC1(C)CC(=O)C2=C(C1)Nc1nonc1N[C@H]2c1cccc(O)c1. The molecule has 24 heavy (non-hydrogen) atoms. The van der Waals surface area contributed by atoms with Gasteiger partial charge in [-0.25, -0.2) is 4.63 Å². The van der Waals surface area contributed by atoms with Gasteiger partial charge in [-0.1, -0.05) is 26.0 Å². The lowest BCUT2D eigenvalue weighted by Crippen LogP contribution is -2.31. The monoisotopic (exact) mass is 326 g/mol. The highest BCUT2D eigenvalue weighted by Crippen LogP contribution is 2.44. The van der Waals surface area contributed by atoms with Crippen molar-refractivity contribution >= 4 is 17.4 Å². The van der Waals surface area contributed by atoms with Gasteiger partial charge in [0.25, 0.3) is 0 Å². The molecule has 2 aromatic rings. The first kappa shape index (κ1) is 14.7. The van der Waals surface area contributed by atoms with Crippen LogP contribution in [0.1, 0.15) is 38.3 Å². The number of rotatable bonds is 1. The van der Waals surface area contributed by atoms with E-state index in [4.69, 9.17) is 4.63 Å². The fourth-order valence-electron chi connectivity index (χ4n) is 3.45. The Morgan fingerprint density at radius 1 is 1.25 bits per heavy atom. The maximum Gasteiger partial charge on any atom is 0.219 e. The van der Waals surface area contributed by atoms with Crippen molar-refractivity contribution in [1.82, 2.24) is 10.3 Å². The predicted molar refractivity (Wildman–Crippen MR) is 87.4 cm³/mol. The maximum atomic E-state index is 12.9. The summed E-state index contributed by atoms with van der Waals surface area (Å²) in [7, 11) is 0. The third-order valence-corrected chi connectivity index (χ3v) is 4.45. The van der Waals surface area contributed by atoms with Crippen LogP contribution in [0.4, 0.5) is 11.6 Å². The van der Waals surface area contributed by atoms with Crippen LogP contribution in [0.3, 0.4) is 0 Å². The maximum absolute atomic E-state index is 12.9. The molecule has 4 rings (SSSR count). The highest BCUT2D eigenvalue weighted by atomic mass is 16.6. The number of Topliss-reactive ketones (excluding diaryl/α,β-unsaturated/α-hetero) is 1. The molecule has 124 valence electrons. The zero-order chi connectivity index (χ0) is 16.9. The Labute approximate surface area is 138 Å². The van der Waals surface area contributed by atoms with Gasteiger partial charge in [-0.05, 0) is 39.8 Å². The number of ketones is 1. The number of carbonyl (C=O) groups excluding carboxylic acids is 1. The van der Waals surface area contributed by atoms with Crippen molar-refractivity contribution < 1.29 is 14.5 Å². The first-order valence-corrected chi connectivity index (χ1v) is 7.84. The molecule has 0 saturated heterocycles. The van der Waals surface area contributed by atoms with E-state index < -0.39 is 6.04 Å². The highest BCUT2D eigenvalue weighted by Gasteiger charge is 2.39. The minimum Gasteiger partial charge on any atom is -0.508 e. The number of allylic oxidation sites excluding steroid dienone is 1. The van der Waals surface area contributed by atoms with Crippen LogP contribution in [0.5, 0.6) is 5.75 Å². The third kappa shape index (κ3) is 2.42. The first-order valence-electron chi connectivity index (χ1n) is 7.84. The summed E-state index contributed by atoms with van der Waals surface area (Å²) in [5, 5.41) is 24.0. The normalized spacial score (nSPS) is 22.1. The molecule has 0 bridgehead atoms. The zero-order valence-corrected chi connectivity index (χ0v) is 13.5. The van der Waals surface area contributed by atoms with Crippen LogP contribution in [-0.4, -0.2) is 21.2 Å². The van der Waals surface area contributed by atoms with Crippen molar-refractivity contribution in [2.24, 2.45) is 5.41 Å². The number of carbonyl (C=O) groups is 1. The number of hydrogen-bond acceptors (Lipinski definition) is 7. The van der Waals surface area contributed by atoms with Gasteiger partial charge in [-0.3, -0.25) is 4.79 Å². The van der Waals surface area contributed by atoms with Crippen molar-refractivity contribution in [2.75, 3.05) is 10.6 Å². The number of nitrogens with one attached hydrogen (secondary N) is 2. The number of aromatic nitrogens is 2. The molecule has 0 fully saturated rings. The number of hydrogen-bond donors (Lipinski definition) is 3. The van der Waals surface area contributed by atoms with Crippen molar-refractivity contribution in [3.05, 3.63) is 41.1 Å². The van der Waals surface area contributed by atoms with E-state index >= 15 is 0 Å². The van der Waals surface area contributed by atoms with Crippen LogP contribution in [-0.2, 0) is 4.79 Å². The second-order valence-electron chi connectivity index (χ2n) is 7.09. The molecule has 0 radical (unpaired) electrons. The summed E-state index contributed by atoms with van der Waals surface area (Å²) in [5.74, 6) is 1.14. The Morgan fingerprint density at radius 3 is 2.83 bits per heavy atom. The van der Waals surface area contributed by atoms with E-state index in [1.165, 1.54) is 0 Å². The number of anilines is 2. The minimum atomic E-state index is -0.420. The molecular weight excluding hydrogens is 308 g/mol. The molecule has 0 unspecified atom stereocenters. The van der Waals surface area contributed by atoms with Gasteiger partial charge in [-0.2, -0.15) is 0 Å².